The van der Waals surface area contributed by atoms with Crippen LogP contribution in [0.15, 0.2) is 54.6 Å². The normalized spacial score (nSPS) is 12.1. The molecule has 2 rings (SSSR count). The summed E-state index contributed by atoms with van der Waals surface area (Å²) in [4.78, 5) is 0. The lowest BCUT2D eigenvalue weighted by Gasteiger charge is -2.17. The van der Waals surface area contributed by atoms with Gasteiger partial charge >= 0.3 is 0 Å². The molecule has 0 aliphatic carbocycles. The summed E-state index contributed by atoms with van der Waals surface area (Å²) in [5, 5.41) is 3.62. The maximum Gasteiger partial charge on any atom is 0.119 e. The molecule has 118 valence electrons. The van der Waals surface area contributed by atoms with Gasteiger partial charge in [-0.3, -0.25) is 0 Å². The first-order chi connectivity index (χ1) is 10.8. The zero-order chi connectivity index (χ0) is 15.6. The molecule has 0 heterocycles. The topological polar surface area (TPSA) is 21.3 Å². The Labute approximate surface area is 134 Å². The average Bonchev–Trinajstić information content (AvgIpc) is 2.59. The first kappa shape index (κ1) is 16.6. The van der Waals surface area contributed by atoms with E-state index in [-0.39, 0.29) is 0 Å². The van der Waals surface area contributed by atoms with Gasteiger partial charge in [-0.1, -0.05) is 62.7 Å². The number of hydrogen-bond acceptors (Lipinski definition) is 2. The summed E-state index contributed by atoms with van der Waals surface area (Å²) in [6.07, 6.45) is 3.57. The van der Waals surface area contributed by atoms with Crippen LogP contribution in [0.3, 0.4) is 0 Å². The fraction of sp³-hybridized carbons (Fsp3) is 0.400. The molecule has 1 unspecified atom stereocenters. The second kappa shape index (κ2) is 9.26. The van der Waals surface area contributed by atoms with Gasteiger partial charge in [0.15, 0.2) is 0 Å². The summed E-state index contributed by atoms with van der Waals surface area (Å²) >= 11 is 0. The minimum Gasteiger partial charge on any atom is -0.489 e. The highest BCUT2D eigenvalue weighted by Crippen LogP contribution is 2.21. The molecule has 2 aromatic carbocycles. The third-order valence-corrected chi connectivity index (χ3v) is 3.86. The van der Waals surface area contributed by atoms with Gasteiger partial charge < -0.3 is 10.1 Å². The second-order valence-corrected chi connectivity index (χ2v) is 5.61. The highest BCUT2D eigenvalue weighted by Gasteiger charge is 2.08. The van der Waals surface area contributed by atoms with Crippen LogP contribution in [0, 0.1) is 0 Å². The zero-order valence-electron chi connectivity index (χ0n) is 13.7. The van der Waals surface area contributed by atoms with Crippen LogP contribution in [-0.4, -0.2) is 6.54 Å². The van der Waals surface area contributed by atoms with E-state index in [1.807, 2.05) is 18.2 Å². The third kappa shape index (κ3) is 5.19. The quantitative estimate of drug-likeness (QED) is 0.650. The number of rotatable bonds is 9. The predicted octanol–water partition coefficient (Wildman–Crippen LogP) is 5.11. The van der Waals surface area contributed by atoms with Crippen molar-refractivity contribution in [1.82, 2.24) is 5.32 Å². The van der Waals surface area contributed by atoms with Gasteiger partial charge in [0.1, 0.15) is 12.4 Å². The van der Waals surface area contributed by atoms with Crippen LogP contribution in [0.5, 0.6) is 5.75 Å². The Balaban J connectivity index is 1.88. The summed E-state index contributed by atoms with van der Waals surface area (Å²) in [5.41, 5.74) is 2.53. The Kier molecular flexibility index (Phi) is 6.98. The van der Waals surface area contributed by atoms with Crippen molar-refractivity contribution >= 4 is 0 Å². The summed E-state index contributed by atoms with van der Waals surface area (Å²) < 4.78 is 5.84. The van der Waals surface area contributed by atoms with Crippen molar-refractivity contribution in [3.8, 4) is 5.75 Å². The summed E-state index contributed by atoms with van der Waals surface area (Å²) in [7, 11) is 0. The van der Waals surface area contributed by atoms with Crippen LogP contribution in [0.2, 0.25) is 0 Å². The Morgan fingerprint density at radius 3 is 2.32 bits per heavy atom. The number of hydrogen-bond donors (Lipinski definition) is 1. The molecule has 0 bridgehead atoms. The summed E-state index contributed by atoms with van der Waals surface area (Å²) in [6.45, 7) is 6.15. The number of ether oxygens (including phenoxy) is 1. The molecule has 2 heteroatoms. The van der Waals surface area contributed by atoms with Crippen molar-refractivity contribution < 1.29 is 4.74 Å². The van der Waals surface area contributed by atoms with Crippen LogP contribution in [-0.2, 0) is 6.61 Å². The van der Waals surface area contributed by atoms with E-state index in [1.54, 1.807) is 0 Å². The van der Waals surface area contributed by atoms with Gasteiger partial charge in [0, 0.05) is 6.04 Å². The lowest BCUT2D eigenvalue weighted by molar-refractivity contribution is 0.306. The van der Waals surface area contributed by atoms with E-state index in [9.17, 15) is 0 Å². The van der Waals surface area contributed by atoms with Crippen molar-refractivity contribution in [2.24, 2.45) is 0 Å². The van der Waals surface area contributed by atoms with Crippen molar-refractivity contribution in [2.45, 2.75) is 45.8 Å². The molecular weight excluding hydrogens is 270 g/mol. The number of benzene rings is 2. The maximum atomic E-state index is 5.84. The molecule has 0 radical (unpaired) electrons. The minimum absolute atomic E-state index is 0.440. The van der Waals surface area contributed by atoms with Crippen molar-refractivity contribution in [1.29, 1.82) is 0 Å². The van der Waals surface area contributed by atoms with Crippen molar-refractivity contribution in [3.05, 3.63) is 65.7 Å². The van der Waals surface area contributed by atoms with Gasteiger partial charge in [-0.15, -0.1) is 0 Å². The van der Waals surface area contributed by atoms with Gasteiger partial charge in [-0.05, 0) is 42.6 Å². The average molecular weight is 297 g/mol. The van der Waals surface area contributed by atoms with Gasteiger partial charge in [-0.2, -0.15) is 0 Å². The first-order valence-electron chi connectivity index (χ1n) is 8.33. The van der Waals surface area contributed by atoms with Crippen LogP contribution in [0.25, 0.3) is 0 Å². The molecule has 1 N–H and O–H groups in total. The predicted molar refractivity (Wildman–Crippen MR) is 93.2 cm³/mol. The molecule has 22 heavy (non-hydrogen) atoms. The fourth-order valence-electron chi connectivity index (χ4n) is 2.49. The highest BCUT2D eigenvalue weighted by atomic mass is 16.5. The largest absolute Gasteiger partial charge is 0.489 e. The molecule has 0 saturated heterocycles. The Morgan fingerprint density at radius 2 is 1.68 bits per heavy atom. The number of nitrogens with one attached hydrogen (secondary N) is 1. The Morgan fingerprint density at radius 1 is 0.955 bits per heavy atom. The lowest BCUT2D eigenvalue weighted by atomic mass is 10.0. The molecule has 0 aromatic heterocycles. The molecule has 0 amide bonds. The third-order valence-electron chi connectivity index (χ3n) is 3.86. The Hall–Kier alpha value is -1.80. The van der Waals surface area contributed by atoms with Crippen LogP contribution in [0.4, 0.5) is 0 Å². The molecule has 1 atom stereocenters. The van der Waals surface area contributed by atoms with Gasteiger partial charge in [-0.25, -0.2) is 0 Å². The van der Waals surface area contributed by atoms with Crippen LogP contribution in [0.1, 0.15) is 50.3 Å². The summed E-state index contributed by atoms with van der Waals surface area (Å²) in [6, 6.07) is 19.2. The number of unbranched alkanes of at least 4 members (excludes halogenated alkanes) is 1. The first-order valence-corrected chi connectivity index (χ1v) is 8.33. The Bertz CT molecular complexity index is 521. The molecule has 2 nitrogen and oxygen atoms in total. The van der Waals surface area contributed by atoms with E-state index in [0.29, 0.717) is 12.6 Å². The summed E-state index contributed by atoms with van der Waals surface area (Å²) in [5.74, 6) is 0.927. The fourth-order valence-corrected chi connectivity index (χ4v) is 2.49. The lowest BCUT2D eigenvalue weighted by Crippen LogP contribution is -2.21. The molecule has 2 aromatic rings. The van der Waals surface area contributed by atoms with Gasteiger partial charge in [0.2, 0.25) is 0 Å². The minimum atomic E-state index is 0.440. The van der Waals surface area contributed by atoms with E-state index in [1.165, 1.54) is 24.0 Å². The monoisotopic (exact) mass is 297 g/mol. The van der Waals surface area contributed by atoms with Crippen LogP contribution >= 0.6 is 0 Å². The SMILES string of the molecule is CCCCNC(CC)c1ccc(OCc2ccccc2)cc1. The van der Waals surface area contributed by atoms with E-state index >= 15 is 0 Å². The van der Waals surface area contributed by atoms with Crippen molar-refractivity contribution in [2.75, 3.05) is 6.54 Å². The van der Waals surface area contributed by atoms with E-state index in [4.69, 9.17) is 4.74 Å². The molecule has 0 aliphatic heterocycles. The van der Waals surface area contributed by atoms with E-state index < -0.39 is 0 Å². The van der Waals surface area contributed by atoms with Crippen molar-refractivity contribution in [3.63, 3.8) is 0 Å². The molecule has 0 saturated carbocycles. The second-order valence-electron chi connectivity index (χ2n) is 5.61. The molecule has 0 fully saturated rings. The van der Waals surface area contributed by atoms with Crippen LogP contribution < -0.4 is 10.1 Å². The highest BCUT2D eigenvalue weighted by molar-refractivity contribution is 5.29. The molecule has 0 aliphatic rings. The van der Waals surface area contributed by atoms with Gasteiger partial charge in [0.05, 0.1) is 0 Å². The molecule has 0 spiro atoms. The molecular formula is C20H27NO. The van der Waals surface area contributed by atoms with Gasteiger partial charge in [0.25, 0.3) is 0 Å². The van der Waals surface area contributed by atoms with E-state index in [2.05, 4.69) is 55.6 Å². The van der Waals surface area contributed by atoms with E-state index in [0.717, 1.165) is 18.7 Å². The maximum absolute atomic E-state index is 5.84. The zero-order valence-corrected chi connectivity index (χ0v) is 13.7. The standard InChI is InChI=1S/C20H27NO/c1-3-5-15-21-20(4-2)18-11-13-19(14-12-18)22-16-17-9-7-6-8-10-17/h6-14,20-21H,3-5,15-16H2,1-2H3. The smallest absolute Gasteiger partial charge is 0.119 e.